The van der Waals surface area contributed by atoms with Crippen molar-refractivity contribution in [3.05, 3.63) is 0 Å². The predicted molar refractivity (Wildman–Crippen MR) is 92.9 cm³/mol. The maximum atomic E-state index is 4.48. The van der Waals surface area contributed by atoms with Crippen LogP contribution in [-0.2, 0) is 0 Å². The first-order valence-electron chi connectivity index (χ1n) is 8.86. The summed E-state index contributed by atoms with van der Waals surface area (Å²) in [6.07, 6.45) is 3.78. The van der Waals surface area contributed by atoms with E-state index in [0.29, 0.717) is 0 Å². The lowest BCUT2D eigenvalue weighted by Crippen LogP contribution is -2.42. The maximum absolute atomic E-state index is 4.48. The largest absolute Gasteiger partial charge is 0.356 e. The fraction of sp³-hybridized carbons (Fsp3) is 0.941. The number of aliphatic imine (C=N–C) groups is 1. The third kappa shape index (κ3) is 5.85. The summed E-state index contributed by atoms with van der Waals surface area (Å²) in [4.78, 5) is 9.46. The highest BCUT2D eigenvalue weighted by molar-refractivity contribution is 5.80. The number of hydrogen-bond donors (Lipinski definition) is 1. The molecule has 1 aliphatic rings. The zero-order valence-electron chi connectivity index (χ0n) is 14.9. The summed E-state index contributed by atoms with van der Waals surface area (Å²) >= 11 is 0. The SMILES string of the molecule is CCC(CC)CNC(=NC)N1CCC(CN(CC)CC)C1. The van der Waals surface area contributed by atoms with Crippen LogP contribution in [0.2, 0.25) is 0 Å². The Bertz CT molecular complexity index is 295. The van der Waals surface area contributed by atoms with Crippen LogP contribution >= 0.6 is 0 Å². The highest BCUT2D eigenvalue weighted by Crippen LogP contribution is 2.17. The van der Waals surface area contributed by atoms with Crippen molar-refractivity contribution in [2.24, 2.45) is 16.8 Å². The van der Waals surface area contributed by atoms with Crippen molar-refractivity contribution in [3.63, 3.8) is 0 Å². The lowest BCUT2D eigenvalue weighted by Gasteiger charge is -2.25. The molecule has 124 valence electrons. The van der Waals surface area contributed by atoms with Gasteiger partial charge in [-0.2, -0.15) is 0 Å². The zero-order valence-corrected chi connectivity index (χ0v) is 14.9. The summed E-state index contributed by atoms with van der Waals surface area (Å²) in [5.41, 5.74) is 0. The summed E-state index contributed by atoms with van der Waals surface area (Å²) in [6.45, 7) is 16.0. The first kappa shape index (κ1) is 18.3. The quantitative estimate of drug-likeness (QED) is 0.552. The van der Waals surface area contributed by atoms with Gasteiger partial charge in [-0.15, -0.1) is 0 Å². The number of nitrogens with one attached hydrogen (secondary N) is 1. The zero-order chi connectivity index (χ0) is 15.7. The van der Waals surface area contributed by atoms with Gasteiger partial charge in [0, 0.05) is 33.2 Å². The third-order valence-corrected chi connectivity index (χ3v) is 4.91. The molecule has 1 atom stereocenters. The molecule has 0 amide bonds. The van der Waals surface area contributed by atoms with E-state index in [9.17, 15) is 0 Å². The van der Waals surface area contributed by atoms with Crippen molar-refractivity contribution < 1.29 is 0 Å². The Hall–Kier alpha value is -0.770. The monoisotopic (exact) mass is 296 g/mol. The highest BCUT2D eigenvalue weighted by Gasteiger charge is 2.26. The minimum atomic E-state index is 0.760. The molecule has 1 N–H and O–H groups in total. The van der Waals surface area contributed by atoms with E-state index >= 15 is 0 Å². The summed E-state index contributed by atoms with van der Waals surface area (Å²) < 4.78 is 0. The Balaban J connectivity index is 2.42. The first-order chi connectivity index (χ1) is 10.2. The number of guanidine groups is 1. The van der Waals surface area contributed by atoms with Crippen molar-refractivity contribution in [2.75, 3.05) is 46.3 Å². The van der Waals surface area contributed by atoms with Gasteiger partial charge in [-0.25, -0.2) is 0 Å². The molecule has 0 bridgehead atoms. The van der Waals surface area contributed by atoms with Crippen LogP contribution in [0, 0.1) is 11.8 Å². The fourth-order valence-electron chi connectivity index (χ4n) is 3.17. The first-order valence-corrected chi connectivity index (χ1v) is 8.86. The van der Waals surface area contributed by atoms with Gasteiger partial charge in [-0.1, -0.05) is 40.5 Å². The van der Waals surface area contributed by atoms with Crippen LogP contribution in [-0.4, -0.2) is 62.1 Å². The number of likely N-dealkylation sites (tertiary alicyclic amines) is 1. The van der Waals surface area contributed by atoms with Gasteiger partial charge in [-0.05, 0) is 31.3 Å². The Morgan fingerprint density at radius 2 is 1.90 bits per heavy atom. The minimum absolute atomic E-state index is 0.760. The molecule has 0 aromatic heterocycles. The van der Waals surface area contributed by atoms with Crippen LogP contribution in [0.5, 0.6) is 0 Å². The highest BCUT2D eigenvalue weighted by atomic mass is 15.3. The van der Waals surface area contributed by atoms with E-state index < -0.39 is 0 Å². The number of hydrogen-bond acceptors (Lipinski definition) is 2. The van der Waals surface area contributed by atoms with E-state index in [1.54, 1.807) is 0 Å². The molecule has 1 saturated heterocycles. The van der Waals surface area contributed by atoms with E-state index in [4.69, 9.17) is 0 Å². The molecule has 1 aliphatic heterocycles. The molecule has 1 unspecified atom stereocenters. The van der Waals surface area contributed by atoms with Gasteiger partial charge in [0.1, 0.15) is 0 Å². The maximum Gasteiger partial charge on any atom is 0.193 e. The molecule has 1 rings (SSSR count). The summed E-state index contributed by atoms with van der Waals surface area (Å²) in [7, 11) is 1.91. The molecular weight excluding hydrogens is 260 g/mol. The van der Waals surface area contributed by atoms with Crippen LogP contribution in [0.25, 0.3) is 0 Å². The molecule has 4 nitrogen and oxygen atoms in total. The average molecular weight is 297 g/mol. The smallest absolute Gasteiger partial charge is 0.193 e. The van der Waals surface area contributed by atoms with Gasteiger partial charge >= 0.3 is 0 Å². The van der Waals surface area contributed by atoms with E-state index in [2.05, 4.69) is 47.8 Å². The molecule has 0 aromatic rings. The molecule has 21 heavy (non-hydrogen) atoms. The van der Waals surface area contributed by atoms with Gasteiger partial charge in [-0.3, -0.25) is 4.99 Å². The molecule has 1 heterocycles. The third-order valence-electron chi connectivity index (χ3n) is 4.91. The number of nitrogens with zero attached hydrogens (tertiary/aromatic N) is 3. The van der Waals surface area contributed by atoms with E-state index in [0.717, 1.165) is 50.5 Å². The fourth-order valence-corrected chi connectivity index (χ4v) is 3.17. The molecule has 1 fully saturated rings. The molecular formula is C17H36N4. The molecule has 4 heteroatoms. The lowest BCUT2D eigenvalue weighted by atomic mass is 10.0. The topological polar surface area (TPSA) is 30.9 Å². The van der Waals surface area contributed by atoms with Crippen molar-refractivity contribution in [3.8, 4) is 0 Å². The van der Waals surface area contributed by atoms with Crippen molar-refractivity contribution >= 4 is 5.96 Å². The molecule has 0 aliphatic carbocycles. The Morgan fingerprint density at radius 1 is 1.24 bits per heavy atom. The van der Waals surface area contributed by atoms with Crippen molar-refractivity contribution in [1.82, 2.24) is 15.1 Å². The molecule has 0 saturated carbocycles. The van der Waals surface area contributed by atoms with Gasteiger partial charge in [0.15, 0.2) is 5.96 Å². The minimum Gasteiger partial charge on any atom is -0.356 e. The normalized spacial score (nSPS) is 19.9. The van der Waals surface area contributed by atoms with E-state index in [-0.39, 0.29) is 0 Å². The second-order valence-corrected chi connectivity index (χ2v) is 6.20. The second-order valence-electron chi connectivity index (χ2n) is 6.20. The number of rotatable bonds is 8. The second kappa shape index (κ2) is 10.0. The van der Waals surface area contributed by atoms with Crippen LogP contribution < -0.4 is 5.32 Å². The predicted octanol–water partition coefficient (Wildman–Crippen LogP) is 2.66. The summed E-state index contributed by atoms with van der Waals surface area (Å²) in [6, 6.07) is 0. The summed E-state index contributed by atoms with van der Waals surface area (Å²) in [5, 5.41) is 3.58. The standard InChI is InChI=1S/C17H36N4/c1-6-15(7-2)12-19-17(18-5)21-11-10-16(14-21)13-20(8-3)9-4/h15-16H,6-14H2,1-5H3,(H,18,19). The average Bonchev–Trinajstić information content (AvgIpc) is 2.97. The van der Waals surface area contributed by atoms with Gasteiger partial charge in [0.05, 0.1) is 0 Å². The van der Waals surface area contributed by atoms with E-state index in [1.807, 2.05) is 7.05 Å². The van der Waals surface area contributed by atoms with Crippen LogP contribution in [0.4, 0.5) is 0 Å². The molecule has 0 spiro atoms. The molecule has 0 aromatic carbocycles. The van der Waals surface area contributed by atoms with Crippen LogP contribution in [0.1, 0.15) is 47.0 Å². The van der Waals surface area contributed by atoms with Crippen LogP contribution in [0.3, 0.4) is 0 Å². The Labute approximate surface area is 132 Å². The van der Waals surface area contributed by atoms with Crippen molar-refractivity contribution in [1.29, 1.82) is 0 Å². The Morgan fingerprint density at radius 3 is 2.43 bits per heavy atom. The lowest BCUT2D eigenvalue weighted by molar-refractivity contribution is 0.255. The van der Waals surface area contributed by atoms with Gasteiger partial charge in [0.25, 0.3) is 0 Å². The Kier molecular flexibility index (Phi) is 8.74. The molecule has 0 radical (unpaired) electrons. The van der Waals surface area contributed by atoms with Crippen LogP contribution in [0.15, 0.2) is 4.99 Å². The van der Waals surface area contributed by atoms with Gasteiger partial charge < -0.3 is 15.1 Å². The van der Waals surface area contributed by atoms with Gasteiger partial charge in [0.2, 0.25) is 0 Å². The summed E-state index contributed by atoms with van der Waals surface area (Å²) in [5.74, 6) is 2.65. The van der Waals surface area contributed by atoms with E-state index in [1.165, 1.54) is 25.8 Å². The van der Waals surface area contributed by atoms with Crippen molar-refractivity contribution in [2.45, 2.75) is 47.0 Å².